The topological polar surface area (TPSA) is 43.1 Å². The molecule has 0 saturated carbocycles. The van der Waals surface area contributed by atoms with Gasteiger partial charge in [-0.2, -0.15) is 0 Å². The van der Waals surface area contributed by atoms with Crippen molar-refractivity contribution in [1.82, 2.24) is 0 Å². The van der Waals surface area contributed by atoms with Crippen molar-refractivity contribution >= 4 is 0 Å². The molecule has 1 aromatic rings. The van der Waals surface area contributed by atoms with Gasteiger partial charge in [-0.3, -0.25) is 10.1 Å². The van der Waals surface area contributed by atoms with E-state index in [0.717, 1.165) is 5.56 Å². The van der Waals surface area contributed by atoms with Crippen molar-refractivity contribution in [3.8, 4) is 0 Å². The second kappa shape index (κ2) is 4.03. The van der Waals surface area contributed by atoms with Gasteiger partial charge in [0.15, 0.2) is 0 Å². The molecule has 1 rings (SSSR count). The molecule has 0 radical (unpaired) electrons. The SMILES string of the molecule is CC(c1ccccc1)C(C)[N+](=O)[O-]. The van der Waals surface area contributed by atoms with Gasteiger partial charge in [0, 0.05) is 17.8 Å². The largest absolute Gasteiger partial charge is 0.264 e. The molecular weight excluding hydrogens is 166 g/mol. The number of nitro groups is 1. The van der Waals surface area contributed by atoms with E-state index in [1.165, 1.54) is 0 Å². The van der Waals surface area contributed by atoms with Gasteiger partial charge in [0.2, 0.25) is 6.04 Å². The zero-order valence-electron chi connectivity index (χ0n) is 7.81. The van der Waals surface area contributed by atoms with Crippen LogP contribution in [0, 0.1) is 10.1 Å². The van der Waals surface area contributed by atoms with Crippen LogP contribution in [0.5, 0.6) is 0 Å². The zero-order valence-corrected chi connectivity index (χ0v) is 7.81. The van der Waals surface area contributed by atoms with E-state index in [1.807, 2.05) is 37.3 Å². The van der Waals surface area contributed by atoms with Crippen LogP contribution in [0.2, 0.25) is 0 Å². The van der Waals surface area contributed by atoms with Gasteiger partial charge in [0.05, 0.1) is 0 Å². The van der Waals surface area contributed by atoms with Crippen molar-refractivity contribution in [1.29, 1.82) is 0 Å². The second-order valence-electron chi connectivity index (χ2n) is 3.23. The van der Waals surface area contributed by atoms with Gasteiger partial charge in [-0.05, 0) is 5.56 Å². The second-order valence-corrected chi connectivity index (χ2v) is 3.23. The minimum atomic E-state index is -0.526. The molecule has 13 heavy (non-hydrogen) atoms. The highest BCUT2D eigenvalue weighted by Crippen LogP contribution is 2.19. The summed E-state index contributed by atoms with van der Waals surface area (Å²) in [6.45, 7) is 3.51. The van der Waals surface area contributed by atoms with Gasteiger partial charge in [-0.25, -0.2) is 0 Å². The minimum absolute atomic E-state index is 0.0313. The average Bonchev–Trinajstić information content (AvgIpc) is 2.17. The summed E-state index contributed by atoms with van der Waals surface area (Å²) < 4.78 is 0. The van der Waals surface area contributed by atoms with Gasteiger partial charge in [-0.1, -0.05) is 37.3 Å². The number of hydrogen-bond donors (Lipinski definition) is 0. The van der Waals surface area contributed by atoms with E-state index in [4.69, 9.17) is 0 Å². The van der Waals surface area contributed by atoms with Crippen LogP contribution in [0.4, 0.5) is 0 Å². The van der Waals surface area contributed by atoms with Crippen molar-refractivity contribution in [2.45, 2.75) is 25.8 Å². The summed E-state index contributed by atoms with van der Waals surface area (Å²) in [6, 6.07) is 9.03. The van der Waals surface area contributed by atoms with Crippen molar-refractivity contribution in [2.24, 2.45) is 0 Å². The molecule has 0 aliphatic rings. The van der Waals surface area contributed by atoms with Crippen LogP contribution in [0.15, 0.2) is 30.3 Å². The number of nitrogens with zero attached hydrogens (tertiary/aromatic N) is 1. The maximum absolute atomic E-state index is 10.5. The zero-order chi connectivity index (χ0) is 9.84. The molecule has 3 heteroatoms. The van der Waals surface area contributed by atoms with Crippen molar-refractivity contribution < 1.29 is 4.92 Å². The van der Waals surface area contributed by atoms with Gasteiger partial charge < -0.3 is 0 Å². The molecule has 0 aliphatic carbocycles. The summed E-state index contributed by atoms with van der Waals surface area (Å²) in [5, 5.41) is 10.5. The molecule has 2 atom stereocenters. The maximum atomic E-state index is 10.5. The number of hydrogen-bond acceptors (Lipinski definition) is 2. The van der Waals surface area contributed by atoms with Crippen molar-refractivity contribution in [2.75, 3.05) is 0 Å². The molecule has 0 spiro atoms. The lowest BCUT2D eigenvalue weighted by molar-refractivity contribution is -0.521. The van der Waals surface area contributed by atoms with Crippen LogP contribution in [0.1, 0.15) is 25.3 Å². The van der Waals surface area contributed by atoms with Crippen LogP contribution in [-0.4, -0.2) is 11.0 Å². The normalized spacial score (nSPS) is 14.9. The number of benzene rings is 1. The van der Waals surface area contributed by atoms with Crippen LogP contribution in [-0.2, 0) is 0 Å². The predicted octanol–water partition coefficient (Wildman–Crippen LogP) is 2.46. The third-order valence-electron chi connectivity index (χ3n) is 2.38. The van der Waals surface area contributed by atoms with E-state index in [2.05, 4.69) is 0 Å². The smallest absolute Gasteiger partial charge is 0.216 e. The molecule has 0 aliphatic heterocycles. The molecule has 0 aromatic heterocycles. The van der Waals surface area contributed by atoms with Crippen LogP contribution in [0.3, 0.4) is 0 Å². The van der Waals surface area contributed by atoms with Crippen LogP contribution in [0.25, 0.3) is 0 Å². The highest BCUT2D eigenvalue weighted by molar-refractivity contribution is 5.19. The number of rotatable bonds is 3. The summed E-state index contributed by atoms with van der Waals surface area (Å²) in [6.07, 6.45) is 0. The molecule has 0 bridgehead atoms. The van der Waals surface area contributed by atoms with Gasteiger partial charge in [0.25, 0.3) is 0 Å². The molecule has 1 aromatic carbocycles. The Morgan fingerprint density at radius 2 is 1.77 bits per heavy atom. The Bertz CT molecular complexity index is 284. The summed E-state index contributed by atoms with van der Waals surface area (Å²) in [4.78, 5) is 10.3. The summed E-state index contributed by atoms with van der Waals surface area (Å²) in [7, 11) is 0. The van der Waals surface area contributed by atoms with E-state index in [-0.39, 0.29) is 10.8 Å². The molecule has 0 N–H and O–H groups in total. The average molecular weight is 179 g/mol. The molecule has 70 valence electrons. The van der Waals surface area contributed by atoms with Gasteiger partial charge >= 0.3 is 0 Å². The Hall–Kier alpha value is -1.38. The summed E-state index contributed by atoms with van der Waals surface area (Å²) in [5.41, 5.74) is 1.02. The van der Waals surface area contributed by atoms with E-state index >= 15 is 0 Å². The molecule has 0 heterocycles. The molecular formula is C10H13NO2. The predicted molar refractivity (Wildman–Crippen MR) is 51.3 cm³/mol. The third kappa shape index (κ3) is 2.28. The Balaban J connectivity index is 2.79. The lowest BCUT2D eigenvalue weighted by Gasteiger charge is -2.12. The fourth-order valence-electron chi connectivity index (χ4n) is 1.22. The lowest BCUT2D eigenvalue weighted by Crippen LogP contribution is -2.21. The fraction of sp³-hybridized carbons (Fsp3) is 0.400. The molecule has 3 nitrogen and oxygen atoms in total. The fourth-order valence-corrected chi connectivity index (χ4v) is 1.22. The first-order chi connectivity index (χ1) is 6.13. The lowest BCUT2D eigenvalue weighted by atomic mass is 9.95. The highest BCUT2D eigenvalue weighted by atomic mass is 16.6. The standard InChI is InChI=1S/C10H13NO2/c1-8(9(2)11(12)13)10-6-4-3-5-7-10/h3-9H,1-2H3. The highest BCUT2D eigenvalue weighted by Gasteiger charge is 2.22. The van der Waals surface area contributed by atoms with Crippen LogP contribution < -0.4 is 0 Å². The van der Waals surface area contributed by atoms with E-state index < -0.39 is 6.04 Å². The van der Waals surface area contributed by atoms with Gasteiger partial charge in [0.1, 0.15) is 0 Å². The van der Waals surface area contributed by atoms with E-state index in [9.17, 15) is 10.1 Å². The first-order valence-corrected chi connectivity index (χ1v) is 4.31. The Morgan fingerprint density at radius 3 is 2.23 bits per heavy atom. The van der Waals surface area contributed by atoms with E-state index in [0.29, 0.717) is 0 Å². The van der Waals surface area contributed by atoms with E-state index in [1.54, 1.807) is 6.92 Å². The Morgan fingerprint density at radius 1 is 1.23 bits per heavy atom. The molecule has 2 unspecified atom stereocenters. The van der Waals surface area contributed by atoms with Crippen molar-refractivity contribution in [3.05, 3.63) is 46.0 Å². The monoisotopic (exact) mass is 179 g/mol. The van der Waals surface area contributed by atoms with Crippen LogP contribution >= 0.6 is 0 Å². The molecule has 0 saturated heterocycles. The minimum Gasteiger partial charge on any atom is -0.264 e. The molecule has 0 amide bonds. The Labute approximate surface area is 77.5 Å². The van der Waals surface area contributed by atoms with Gasteiger partial charge in [-0.15, -0.1) is 0 Å². The third-order valence-corrected chi connectivity index (χ3v) is 2.38. The van der Waals surface area contributed by atoms with Crippen molar-refractivity contribution in [3.63, 3.8) is 0 Å². The Kier molecular flexibility index (Phi) is 3.01. The summed E-state index contributed by atoms with van der Waals surface area (Å²) in [5.74, 6) is -0.0313. The first-order valence-electron chi connectivity index (χ1n) is 4.31. The maximum Gasteiger partial charge on any atom is 0.216 e. The first kappa shape index (κ1) is 9.71. The molecule has 0 fully saturated rings. The quantitative estimate of drug-likeness (QED) is 0.528. The summed E-state index contributed by atoms with van der Waals surface area (Å²) >= 11 is 0.